The van der Waals surface area contributed by atoms with Crippen molar-refractivity contribution in [1.82, 2.24) is 0 Å². The molecule has 20 heavy (non-hydrogen) atoms. The van der Waals surface area contributed by atoms with Gasteiger partial charge in [0.2, 0.25) is 0 Å². The number of rotatable bonds is 1. The maximum absolute atomic E-state index is 11.7. The molecule has 0 unspecified atom stereocenters. The first-order chi connectivity index (χ1) is 9.26. The molecule has 0 saturated heterocycles. The number of nitrogens with two attached hydrogens (primary N) is 1. The van der Waals surface area contributed by atoms with Crippen molar-refractivity contribution < 1.29 is 9.53 Å². The van der Waals surface area contributed by atoms with E-state index < -0.39 is 11.7 Å². The molecule has 1 amide bonds. The molecule has 0 aliphatic heterocycles. The molecule has 0 bridgehead atoms. The molecule has 106 valence electrons. The van der Waals surface area contributed by atoms with Crippen molar-refractivity contribution in [1.29, 1.82) is 0 Å². The Morgan fingerprint density at radius 3 is 2.60 bits per heavy atom. The topological polar surface area (TPSA) is 64.3 Å². The lowest BCUT2D eigenvalue weighted by Crippen LogP contribution is -2.27. The van der Waals surface area contributed by atoms with Gasteiger partial charge in [0.1, 0.15) is 5.60 Å². The van der Waals surface area contributed by atoms with Gasteiger partial charge in [-0.1, -0.05) is 12.1 Å². The fraction of sp³-hybridized carbons (Fsp3) is 0.267. The van der Waals surface area contributed by atoms with Crippen molar-refractivity contribution in [3.63, 3.8) is 0 Å². The molecule has 2 rings (SSSR count). The van der Waals surface area contributed by atoms with Gasteiger partial charge in [-0.05, 0) is 65.7 Å². The molecule has 0 spiro atoms. The fourth-order valence-electron chi connectivity index (χ4n) is 1.81. The first-order valence-corrected chi connectivity index (χ1v) is 7.03. The monoisotopic (exact) mass is 336 g/mol. The second-order valence-electron chi connectivity index (χ2n) is 5.53. The van der Waals surface area contributed by atoms with Crippen molar-refractivity contribution in [3.8, 4) is 0 Å². The van der Waals surface area contributed by atoms with E-state index in [1.165, 1.54) is 0 Å². The molecule has 0 aliphatic carbocycles. The summed E-state index contributed by atoms with van der Waals surface area (Å²) >= 11 is 3.46. The van der Waals surface area contributed by atoms with Gasteiger partial charge in [0, 0.05) is 15.8 Å². The average molecular weight is 337 g/mol. The molecule has 0 heterocycles. The standard InChI is InChI=1S/C15H17BrN2O2/c1-15(2,3)20-14(19)18-10-5-6-11-9(8-10)4-7-12(17)13(11)16/h4-8H,17H2,1-3H3,(H,18,19). The van der Waals surface area contributed by atoms with Crippen molar-refractivity contribution in [2.24, 2.45) is 0 Å². The Hall–Kier alpha value is -1.75. The third-order valence-corrected chi connectivity index (χ3v) is 3.51. The summed E-state index contributed by atoms with van der Waals surface area (Å²) in [5.74, 6) is 0. The lowest BCUT2D eigenvalue weighted by atomic mass is 10.1. The van der Waals surface area contributed by atoms with Gasteiger partial charge >= 0.3 is 6.09 Å². The molecular formula is C15H17BrN2O2. The Bertz CT molecular complexity index is 663. The lowest BCUT2D eigenvalue weighted by molar-refractivity contribution is 0.0636. The third kappa shape index (κ3) is 3.42. The number of ether oxygens (including phenoxy) is 1. The van der Waals surface area contributed by atoms with Crippen LogP contribution in [-0.4, -0.2) is 11.7 Å². The summed E-state index contributed by atoms with van der Waals surface area (Å²) in [5, 5.41) is 4.70. The van der Waals surface area contributed by atoms with E-state index in [0.29, 0.717) is 11.4 Å². The van der Waals surface area contributed by atoms with Crippen LogP contribution in [0.3, 0.4) is 0 Å². The van der Waals surface area contributed by atoms with E-state index in [0.717, 1.165) is 15.2 Å². The highest BCUT2D eigenvalue weighted by atomic mass is 79.9. The Balaban J connectivity index is 2.25. The molecule has 4 nitrogen and oxygen atoms in total. The highest BCUT2D eigenvalue weighted by molar-refractivity contribution is 9.10. The van der Waals surface area contributed by atoms with Crippen LogP contribution >= 0.6 is 15.9 Å². The molecule has 0 aromatic heterocycles. The first kappa shape index (κ1) is 14.7. The Kier molecular flexibility index (Phi) is 3.90. The Morgan fingerprint density at radius 2 is 1.95 bits per heavy atom. The maximum atomic E-state index is 11.7. The maximum Gasteiger partial charge on any atom is 0.412 e. The normalized spacial score (nSPS) is 11.4. The van der Waals surface area contributed by atoms with E-state index in [9.17, 15) is 4.79 Å². The molecule has 0 radical (unpaired) electrons. The van der Waals surface area contributed by atoms with Crippen LogP contribution in [0.25, 0.3) is 10.8 Å². The minimum atomic E-state index is -0.515. The Morgan fingerprint density at radius 1 is 1.25 bits per heavy atom. The number of hydrogen-bond donors (Lipinski definition) is 2. The number of carbonyl (C=O) groups is 1. The van der Waals surface area contributed by atoms with Crippen LogP contribution in [0.5, 0.6) is 0 Å². The fourth-order valence-corrected chi connectivity index (χ4v) is 2.30. The second-order valence-corrected chi connectivity index (χ2v) is 6.32. The summed E-state index contributed by atoms with van der Waals surface area (Å²) in [6.45, 7) is 5.48. The van der Waals surface area contributed by atoms with Crippen molar-refractivity contribution >= 4 is 44.2 Å². The van der Waals surface area contributed by atoms with Gasteiger partial charge in [0.25, 0.3) is 0 Å². The summed E-state index contributed by atoms with van der Waals surface area (Å²) in [5.41, 5.74) is 6.69. The third-order valence-electron chi connectivity index (χ3n) is 2.63. The minimum Gasteiger partial charge on any atom is -0.444 e. The number of anilines is 2. The van der Waals surface area contributed by atoms with E-state index in [-0.39, 0.29) is 0 Å². The molecule has 0 saturated carbocycles. The zero-order valence-electron chi connectivity index (χ0n) is 11.7. The van der Waals surface area contributed by atoms with Gasteiger partial charge < -0.3 is 10.5 Å². The van der Waals surface area contributed by atoms with Crippen molar-refractivity contribution in [3.05, 3.63) is 34.8 Å². The summed E-state index contributed by atoms with van der Waals surface area (Å²) in [7, 11) is 0. The summed E-state index contributed by atoms with van der Waals surface area (Å²) in [6.07, 6.45) is -0.466. The number of hydrogen-bond acceptors (Lipinski definition) is 3. The Labute approximate surface area is 126 Å². The number of amides is 1. The minimum absolute atomic E-state index is 0.466. The summed E-state index contributed by atoms with van der Waals surface area (Å²) < 4.78 is 6.08. The van der Waals surface area contributed by atoms with Crippen molar-refractivity contribution in [2.45, 2.75) is 26.4 Å². The van der Waals surface area contributed by atoms with E-state index in [1.54, 1.807) is 0 Å². The van der Waals surface area contributed by atoms with Crippen LogP contribution in [-0.2, 0) is 4.74 Å². The van der Waals surface area contributed by atoms with Crippen LogP contribution in [0, 0.1) is 0 Å². The van der Waals surface area contributed by atoms with Crippen molar-refractivity contribution in [2.75, 3.05) is 11.1 Å². The number of carbonyl (C=O) groups excluding carboxylic acids is 1. The molecule has 0 atom stereocenters. The SMILES string of the molecule is CC(C)(C)OC(=O)Nc1ccc2c(Br)c(N)ccc2c1. The summed E-state index contributed by atoms with van der Waals surface area (Å²) in [6, 6.07) is 9.34. The largest absolute Gasteiger partial charge is 0.444 e. The van der Waals surface area contributed by atoms with E-state index in [2.05, 4.69) is 21.2 Å². The number of halogens is 1. The lowest BCUT2D eigenvalue weighted by Gasteiger charge is -2.19. The number of nitrogen functional groups attached to an aromatic ring is 1. The average Bonchev–Trinajstić information content (AvgIpc) is 2.31. The van der Waals surface area contributed by atoms with Gasteiger partial charge in [-0.3, -0.25) is 5.32 Å². The van der Waals surface area contributed by atoms with Crippen LogP contribution < -0.4 is 11.1 Å². The predicted molar refractivity (Wildman–Crippen MR) is 85.9 cm³/mol. The molecule has 2 aromatic carbocycles. The number of nitrogens with one attached hydrogen (secondary N) is 1. The second kappa shape index (κ2) is 5.32. The van der Waals surface area contributed by atoms with Gasteiger partial charge in [-0.25, -0.2) is 4.79 Å². The molecule has 0 fully saturated rings. The van der Waals surface area contributed by atoms with Gasteiger partial charge in [-0.2, -0.15) is 0 Å². The quantitative estimate of drug-likeness (QED) is 0.752. The summed E-state index contributed by atoms with van der Waals surface area (Å²) in [4.78, 5) is 11.7. The van der Waals surface area contributed by atoms with Crippen LogP contribution in [0.2, 0.25) is 0 Å². The van der Waals surface area contributed by atoms with Crippen LogP contribution in [0.1, 0.15) is 20.8 Å². The van der Waals surface area contributed by atoms with Gasteiger partial charge in [0.15, 0.2) is 0 Å². The molecule has 3 N–H and O–H groups in total. The molecular weight excluding hydrogens is 320 g/mol. The smallest absolute Gasteiger partial charge is 0.412 e. The van der Waals surface area contributed by atoms with Crippen LogP contribution in [0.15, 0.2) is 34.8 Å². The van der Waals surface area contributed by atoms with E-state index in [1.807, 2.05) is 51.1 Å². The highest BCUT2D eigenvalue weighted by Gasteiger charge is 2.16. The van der Waals surface area contributed by atoms with E-state index >= 15 is 0 Å². The zero-order valence-corrected chi connectivity index (χ0v) is 13.2. The molecule has 5 heteroatoms. The number of fused-ring (bicyclic) bond motifs is 1. The first-order valence-electron chi connectivity index (χ1n) is 6.24. The van der Waals surface area contributed by atoms with Gasteiger partial charge in [-0.15, -0.1) is 0 Å². The zero-order chi connectivity index (χ0) is 14.9. The highest BCUT2D eigenvalue weighted by Crippen LogP contribution is 2.31. The number of benzene rings is 2. The van der Waals surface area contributed by atoms with Gasteiger partial charge in [0.05, 0.1) is 0 Å². The van der Waals surface area contributed by atoms with Crippen LogP contribution in [0.4, 0.5) is 16.2 Å². The predicted octanol–water partition coefficient (Wildman–Crippen LogP) is 4.53. The van der Waals surface area contributed by atoms with E-state index in [4.69, 9.17) is 10.5 Å². The molecule has 0 aliphatic rings. The molecule has 2 aromatic rings.